The molecular weight excluding hydrogens is 546 g/mol. The molecule has 0 aromatic carbocycles. The highest BCUT2D eigenvalue weighted by Crippen LogP contribution is 2.52. The summed E-state index contributed by atoms with van der Waals surface area (Å²) in [5.74, 6) is -0.134. The van der Waals surface area contributed by atoms with Crippen LogP contribution in [0.25, 0.3) is 0 Å². The van der Waals surface area contributed by atoms with Crippen molar-refractivity contribution in [2.75, 3.05) is 61.4 Å². The van der Waals surface area contributed by atoms with Gasteiger partial charge in [-0.25, -0.2) is 4.39 Å². The van der Waals surface area contributed by atoms with Crippen LogP contribution >= 0.6 is 11.3 Å². The SMILES string of the molecule is N#Cc1c(N)sc2c1C1(CC2)CN(c2nc(OC[C@@H]3CCCNC[C@H](F)C3)nc(N3CCCC(C#N)CC3)c2F)C1. The fourth-order valence-electron chi connectivity index (χ4n) is 6.98. The molecule has 2 aromatic rings. The van der Waals surface area contributed by atoms with Crippen molar-refractivity contribution in [2.45, 2.75) is 63.0 Å². The van der Waals surface area contributed by atoms with Gasteiger partial charge in [-0.1, -0.05) is 0 Å². The molecule has 6 rings (SSSR count). The van der Waals surface area contributed by atoms with Crippen LogP contribution in [0.2, 0.25) is 0 Å². The van der Waals surface area contributed by atoms with Crippen molar-refractivity contribution < 1.29 is 13.5 Å². The summed E-state index contributed by atoms with van der Waals surface area (Å²) in [7, 11) is 0. The van der Waals surface area contributed by atoms with Gasteiger partial charge in [-0.2, -0.15) is 24.9 Å². The lowest BCUT2D eigenvalue weighted by molar-refractivity contribution is 0.165. The molecule has 9 nitrogen and oxygen atoms in total. The van der Waals surface area contributed by atoms with Crippen LogP contribution in [0.15, 0.2) is 0 Å². The summed E-state index contributed by atoms with van der Waals surface area (Å²) in [5.41, 5.74) is 7.49. The van der Waals surface area contributed by atoms with Crippen molar-refractivity contribution in [3.8, 4) is 18.1 Å². The Bertz CT molecular complexity index is 1360. The molecule has 3 saturated heterocycles. The number of ether oxygens (including phenoxy) is 1. The Labute approximate surface area is 243 Å². The third-order valence-electron chi connectivity index (χ3n) is 9.14. The number of hydrogen-bond donors (Lipinski definition) is 2. The Morgan fingerprint density at radius 2 is 1.93 bits per heavy atom. The van der Waals surface area contributed by atoms with Gasteiger partial charge in [0.05, 0.1) is 18.2 Å². The molecule has 1 aliphatic carbocycles. The molecule has 0 bridgehead atoms. The minimum Gasteiger partial charge on any atom is -0.463 e. The first kappa shape index (κ1) is 27.9. The number of thiophene rings is 1. The van der Waals surface area contributed by atoms with E-state index in [1.54, 1.807) is 0 Å². The molecule has 1 spiro atoms. The smallest absolute Gasteiger partial charge is 0.320 e. The second-order valence-corrected chi connectivity index (χ2v) is 13.1. The molecule has 4 aliphatic rings. The highest BCUT2D eigenvalue weighted by molar-refractivity contribution is 7.16. The topological polar surface area (TPSA) is 127 Å². The first-order chi connectivity index (χ1) is 19.9. The normalized spacial score (nSPS) is 25.8. The highest BCUT2D eigenvalue weighted by atomic mass is 32.1. The number of hydrogen-bond acceptors (Lipinski definition) is 10. The quantitative estimate of drug-likeness (QED) is 0.536. The molecule has 2 aromatic heterocycles. The summed E-state index contributed by atoms with van der Waals surface area (Å²) < 4.78 is 36.6. The molecule has 0 amide bonds. The number of anilines is 3. The van der Waals surface area contributed by atoms with Crippen LogP contribution < -0.4 is 25.6 Å². The number of aromatic nitrogens is 2. The van der Waals surface area contributed by atoms with Crippen LogP contribution in [0.4, 0.5) is 25.4 Å². The molecule has 5 heterocycles. The molecule has 12 heteroatoms. The third kappa shape index (κ3) is 5.40. The number of aryl methyl sites for hydroxylation is 1. The molecule has 41 heavy (non-hydrogen) atoms. The lowest BCUT2D eigenvalue weighted by atomic mass is 9.74. The second kappa shape index (κ2) is 11.6. The van der Waals surface area contributed by atoms with Gasteiger partial charge in [0, 0.05) is 48.9 Å². The van der Waals surface area contributed by atoms with Gasteiger partial charge in [-0.05, 0) is 69.4 Å². The van der Waals surface area contributed by atoms with Crippen molar-refractivity contribution in [3.63, 3.8) is 0 Å². The molecule has 3 atom stereocenters. The number of nitrogen functional groups attached to an aromatic ring is 1. The van der Waals surface area contributed by atoms with Gasteiger partial charge < -0.3 is 25.6 Å². The maximum absolute atomic E-state index is 16.2. The van der Waals surface area contributed by atoms with Crippen molar-refractivity contribution in [2.24, 2.45) is 11.8 Å². The standard InChI is InChI=1S/C29H36F2N8OS/c30-20-11-19(3-1-8-35-14-20)15-40-28-36-26(38-9-2-4-18(12-32)6-10-38)24(31)27(37-28)39-16-29(17-39)7-5-22-23(29)21(13-33)25(34)41-22/h18-20,35H,1-11,14-17,34H2/t18?,19-,20-/m1/s1. The number of alkyl halides is 1. The Kier molecular flexibility index (Phi) is 7.88. The lowest BCUT2D eigenvalue weighted by Gasteiger charge is -2.49. The Morgan fingerprint density at radius 3 is 2.71 bits per heavy atom. The summed E-state index contributed by atoms with van der Waals surface area (Å²) in [5, 5.41) is 22.9. The number of rotatable bonds is 5. The van der Waals surface area contributed by atoms with Crippen LogP contribution in [0, 0.1) is 40.3 Å². The van der Waals surface area contributed by atoms with Crippen LogP contribution in [0.1, 0.15) is 60.9 Å². The summed E-state index contributed by atoms with van der Waals surface area (Å²) in [4.78, 5) is 14.1. The molecule has 3 fully saturated rings. The van der Waals surface area contributed by atoms with Crippen molar-refractivity contribution in [1.82, 2.24) is 15.3 Å². The van der Waals surface area contributed by atoms with E-state index in [2.05, 4.69) is 27.4 Å². The molecule has 0 radical (unpaired) electrons. The van der Waals surface area contributed by atoms with E-state index in [1.165, 1.54) is 11.3 Å². The van der Waals surface area contributed by atoms with E-state index < -0.39 is 12.0 Å². The highest BCUT2D eigenvalue weighted by Gasteiger charge is 2.52. The summed E-state index contributed by atoms with van der Waals surface area (Å²) in [6.07, 6.45) is 5.18. The van der Waals surface area contributed by atoms with Crippen LogP contribution in [0.3, 0.4) is 0 Å². The van der Waals surface area contributed by atoms with Crippen molar-refractivity contribution in [1.29, 1.82) is 10.5 Å². The van der Waals surface area contributed by atoms with Crippen molar-refractivity contribution >= 4 is 28.0 Å². The van der Waals surface area contributed by atoms with Gasteiger partial charge in [-0.3, -0.25) is 0 Å². The van der Waals surface area contributed by atoms with E-state index >= 15 is 4.39 Å². The van der Waals surface area contributed by atoms with Crippen molar-refractivity contribution in [3.05, 3.63) is 21.8 Å². The fourth-order valence-corrected chi connectivity index (χ4v) is 8.12. The van der Waals surface area contributed by atoms with E-state index in [9.17, 15) is 14.9 Å². The summed E-state index contributed by atoms with van der Waals surface area (Å²) >= 11 is 1.49. The number of nitrogens with two attached hydrogens (primary N) is 1. The first-order valence-electron chi connectivity index (χ1n) is 14.7. The number of halogens is 2. The predicted octanol–water partition coefficient (Wildman–Crippen LogP) is 4.07. The molecule has 218 valence electrons. The largest absolute Gasteiger partial charge is 0.463 e. The van der Waals surface area contributed by atoms with Gasteiger partial charge in [0.1, 0.15) is 17.2 Å². The monoisotopic (exact) mass is 582 g/mol. The summed E-state index contributed by atoms with van der Waals surface area (Å²) in [6.45, 7) is 3.58. The number of nitrogens with zero attached hydrogens (tertiary/aromatic N) is 6. The Morgan fingerprint density at radius 1 is 1.12 bits per heavy atom. The maximum Gasteiger partial charge on any atom is 0.320 e. The van der Waals surface area contributed by atoms with E-state index in [1.807, 2.05) is 9.80 Å². The van der Waals surface area contributed by atoms with E-state index in [0.29, 0.717) is 56.1 Å². The van der Waals surface area contributed by atoms with Gasteiger partial charge in [0.25, 0.3) is 0 Å². The van der Waals surface area contributed by atoms with Gasteiger partial charge >= 0.3 is 6.01 Å². The predicted molar refractivity (Wildman–Crippen MR) is 153 cm³/mol. The molecule has 3 N–H and O–H groups in total. The minimum absolute atomic E-state index is 0.0277. The van der Waals surface area contributed by atoms with Gasteiger partial charge in [-0.15, -0.1) is 11.3 Å². The molecule has 3 aliphatic heterocycles. The van der Waals surface area contributed by atoms with Gasteiger partial charge in [0.15, 0.2) is 11.6 Å². The number of fused-ring (bicyclic) bond motifs is 2. The number of nitriles is 2. The molecule has 0 saturated carbocycles. The summed E-state index contributed by atoms with van der Waals surface area (Å²) in [6, 6.07) is 4.74. The lowest BCUT2D eigenvalue weighted by Crippen LogP contribution is -2.59. The van der Waals surface area contributed by atoms with Crippen LogP contribution in [-0.4, -0.2) is 62.0 Å². The van der Waals surface area contributed by atoms with E-state index in [-0.39, 0.29) is 41.5 Å². The Hall–Kier alpha value is -3.22. The average molecular weight is 583 g/mol. The average Bonchev–Trinajstić information content (AvgIpc) is 3.34. The zero-order valence-corrected chi connectivity index (χ0v) is 24.0. The zero-order chi connectivity index (χ0) is 28.6. The van der Waals surface area contributed by atoms with Gasteiger partial charge in [0.2, 0.25) is 5.82 Å². The van der Waals surface area contributed by atoms with E-state index in [4.69, 9.17) is 10.5 Å². The number of nitrogens with one attached hydrogen (secondary N) is 1. The third-order valence-corrected chi connectivity index (χ3v) is 10.2. The van der Waals surface area contributed by atoms with Crippen LogP contribution in [0.5, 0.6) is 6.01 Å². The fraction of sp³-hybridized carbons (Fsp3) is 0.655. The zero-order valence-electron chi connectivity index (χ0n) is 23.2. The molecule has 1 unspecified atom stereocenters. The maximum atomic E-state index is 16.2. The molecular formula is C29H36F2N8OS. The first-order valence-corrected chi connectivity index (χ1v) is 15.5. The van der Waals surface area contributed by atoms with E-state index in [0.717, 1.165) is 55.5 Å². The second-order valence-electron chi connectivity index (χ2n) is 12.0. The van der Waals surface area contributed by atoms with Crippen LogP contribution in [-0.2, 0) is 11.8 Å². The Balaban J connectivity index is 1.27. The minimum atomic E-state index is -0.938.